The molecule has 0 N–H and O–H groups in total. The molecule has 0 bridgehead atoms. The van der Waals surface area contributed by atoms with E-state index in [0.717, 1.165) is 11.3 Å². The summed E-state index contributed by atoms with van der Waals surface area (Å²) in [4.78, 5) is 17.1. The van der Waals surface area contributed by atoms with Crippen molar-refractivity contribution in [3.8, 4) is 11.8 Å². The van der Waals surface area contributed by atoms with Gasteiger partial charge in [0.2, 0.25) is 0 Å². The molecule has 0 aromatic heterocycles. The van der Waals surface area contributed by atoms with Crippen LogP contribution in [0.5, 0.6) is 5.75 Å². The van der Waals surface area contributed by atoms with E-state index in [0.29, 0.717) is 53.9 Å². The number of anilines is 1. The van der Waals surface area contributed by atoms with Gasteiger partial charge in [0, 0.05) is 31.9 Å². The monoisotopic (exact) mass is 559 g/mol. The molecule has 37 heavy (non-hydrogen) atoms. The van der Waals surface area contributed by atoms with E-state index in [1.165, 1.54) is 12.1 Å². The van der Waals surface area contributed by atoms with Gasteiger partial charge >= 0.3 is 0 Å². The van der Waals surface area contributed by atoms with Crippen molar-refractivity contribution in [2.75, 3.05) is 31.1 Å². The minimum absolute atomic E-state index is 0.0815. The summed E-state index contributed by atoms with van der Waals surface area (Å²) in [6.07, 6.45) is 3.89. The minimum atomic E-state index is -0.317. The Kier molecular flexibility index (Phi) is 8.76. The highest BCUT2D eigenvalue weighted by molar-refractivity contribution is 9.10. The highest BCUT2D eigenvalue weighted by atomic mass is 79.9. The average Bonchev–Trinajstić information content (AvgIpc) is 2.92. The number of ether oxygens (including phenoxy) is 1. The molecule has 3 aromatic carbocycles. The van der Waals surface area contributed by atoms with Gasteiger partial charge in [0.05, 0.1) is 4.47 Å². The Balaban J connectivity index is 1.49. The van der Waals surface area contributed by atoms with Crippen LogP contribution < -0.4 is 9.64 Å². The zero-order chi connectivity index (χ0) is 26.2. The van der Waals surface area contributed by atoms with Crippen molar-refractivity contribution in [2.45, 2.75) is 13.0 Å². The van der Waals surface area contributed by atoms with Gasteiger partial charge in [0.25, 0.3) is 5.91 Å². The van der Waals surface area contributed by atoms with E-state index < -0.39 is 0 Å². The van der Waals surface area contributed by atoms with Gasteiger partial charge in [-0.25, -0.2) is 4.39 Å². The van der Waals surface area contributed by atoms with Crippen LogP contribution in [0.15, 0.2) is 89.4 Å². The van der Waals surface area contributed by atoms with Crippen molar-refractivity contribution in [2.24, 2.45) is 0 Å². The second-order valence-corrected chi connectivity index (χ2v) is 9.54. The van der Waals surface area contributed by atoms with Crippen molar-refractivity contribution in [1.82, 2.24) is 4.90 Å². The molecule has 0 saturated carbocycles. The second-order valence-electron chi connectivity index (χ2n) is 8.69. The summed E-state index contributed by atoms with van der Waals surface area (Å²) in [7, 11) is 0. The third-order valence-corrected chi connectivity index (χ3v) is 6.72. The lowest BCUT2D eigenvalue weighted by Crippen LogP contribution is -2.49. The molecule has 1 saturated heterocycles. The molecule has 3 aromatic rings. The Morgan fingerprint density at radius 2 is 1.84 bits per heavy atom. The van der Waals surface area contributed by atoms with E-state index in [1.54, 1.807) is 29.2 Å². The molecule has 0 atom stereocenters. The highest BCUT2D eigenvalue weighted by Crippen LogP contribution is 2.33. The molecular formula is C30H27BrFN3O2. The summed E-state index contributed by atoms with van der Waals surface area (Å²) in [5.74, 6) is 0.0216. The van der Waals surface area contributed by atoms with E-state index in [-0.39, 0.29) is 23.9 Å². The number of rotatable bonds is 8. The summed E-state index contributed by atoms with van der Waals surface area (Å²) in [5.41, 5.74) is 3.47. The Hall–Kier alpha value is -3.89. The first-order chi connectivity index (χ1) is 18.0. The van der Waals surface area contributed by atoms with Crippen LogP contribution in [0.25, 0.3) is 6.08 Å². The molecule has 1 fully saturated rings. The molecule has 0 unspecified atom stereocenters. The summed E-state index contributed by atoms with van der Waals surface area (Å²) < 4.78 is 20.2. The summed E-state index contributed by atoms with van der Waals surface area (Å²) in [6, 6.07) is 22.1. The molecule has 0 aliphatic carbocycles. The summed E-state index contributed by atoms with van der Waals surface area (Å²) in [6.45, 7) is 6.54. The highest BCUT2D eigenvalue weighted by Gasteiger charge is 2.24. The van der Waals surface area contributed by atoms with Gasteiger partial charge in [-0.05, 0) is 81.5 Å². The van der Waals surface area contributed by atoms with Crippen molar-refractivity contribution < 1.29 is 13.9 Å². The van der Waals surface area contributed by atoms with Crippen LogP contribution in [0.3, 0.4) is 0 Å². The summed E-state index contributed by atoms with van der Waals surface area (Å²) >= 11 is 3.56. The van der Waals surface area contributed by atoms with Crippen LogP contribution in [-0.4, -0.2) is 37.0 Å². The van der Waals surface area contributed by atoms with E-state index in [4.69, 9.17) is 4.74 Å². The van der Waals surface area contributed by atoms with E-state index in [9.17, 15) is 14.4 Å². The third-order valence-electron chi connectivity index (χ3n) is 6.13. The second kappa shape index (κ2) is 12.4. The molecule has 0 radical (unpaired) electrons. The molecule has 1 heterocycles. The molecule has 4 rings (SSSR count). The van der Waals surface area contributed by atoms with Crippen molar-refractivity contribution in [3.63, 3.8) is 0 Å². The van der Waals surface area contributed by atoms with Gasteiger partial charge in [-0.2, -0.15) is 5.26 Å². The maximum absolute atomic E-state index is 13.5. The number of carbonyl (C=O) groups is 1. The molecule has 1 aliphatic heterocycles. The predicted octanol–water partition coefficient (Wildman–Crippen LogP) is 6.15. The van der Waals surface area contributed by atoms with Crippen LogP contribution in [-0.2, 0) is 17.8 Å². The van der Waals surface area contributed by atoms with Gasteiger partial charge in [-0.1, -0.05) is 36.4 Å². The number of hydrogen-bond donors (Lipinski definition) is 0. The first-order valence-electron chi connectivity index (χ1n) is 12.0. The number of nitrogens with zero attached hydrogens (tertiary/aromatic N) is 3. The fourth-order valence-electron chi connectivity index (χ4n) is 4.29. The maximum atomic E-state index is 13.5. The number of nitriles is 1. The van der Waals surface area contributed by atoms with Crippen LogP contribution in [0, 0.1) is 17.1 Å². The SMILES string of the molecule is C=CCc1cc(/C=C(/C#N)C(=O)N2CCN(c3ccccc3)CC2)cc(Br)c1OCc1cccc(F)c1. The maximum Gasteiger partial charge on any atom is 0.264 e. The lowest BCUT2D eigenvalue weighted by molar-refractivity contribution is -0.126. The van der Waals surface area contributed by atoms with Crippen molar-refractivity contribution >= 4 is 33.6 Å². The van der Waals surface area contributed by atoms with E-state index in [1.807, 2.05) is 30.3 Å². The Morgan fingerprint density at radius 1 is 1.08 bits per heavy atom. The first-order valence-corrected chi connectivity index (χ1v) is 12.8. The van der Waals surface area contributed by atoms with Crippen LogP contribution in [0.4, 0.5) is 10.1 Å². The Labute approximate surface area is 225 Å². The predicted molar refractivity (Wildman–Crippen MR) is 148 cm³/mol. The fraction of sp³-hybridized carbons (Fsp3) is 0.200. The number of benzene rings is 3. The lowest BCUT2D eigenvalue weighted by atomic mass is 10.0. The first kappa shape index (κ1) is 26.2. The molecule has 5 nitrogen and oxygen atoms in total. The number of halogens is 2. The number of amides is 1. The Bertz CT molecular complexity index is 1340. The van der Waals surface area contributed by atoms with Gasteiger partial charge in [-0.3, -0.25) is 4.79 Å². The van der Waals surface area contributed by atoms with E-state index in [2.05, 4.69) is 45.6 Å². The molecular weight excluding hydrogens is 533 g/mol. The zero-order valence-corrected chi connectivity index (χ0v) is 22.0. The number of piperazine rings is 1. The average molecular weight is 560 g/mol. The lowest BCUT2D eigenvalue weighted by Gasteiger charge is -2.36. The smallest absolute Gasteiger partial charge is 0.264 e. The molecule has 1 amide bonds. The number of para-hydroxylation sites is 1. The Morgan fingerprint density at radius 3 is 2.51 bits per heavy atom. The third kappa shape index (κ3) is 6.66. The van der Waals surface area contributed by atoms with Crippen molar-refractivity contribution in [3.05, 3.63) is 112 Å². The van der Waals surface area contributed by atoms with Gasteiger partial charge < -0.3 is 14.5 Å². The quantitative estimate of drug-likeness (QED) is 0.188. The summed E-state index contributed by atoms with van der Waals surface area (Å²) in [5, 5.41) is 9.79. The van der Waals surface area contributed by atoms with Gasteiger partial charge in [0.1, 0.15) is 29.8 Å². The van der Waals surface area contributed by atoms with Crippen LogP contribution >= 0.6 is 15.9 Å². The standard InChI is InChI=1S/C30H27BrFN3O2/c1-2-7-24-16-23(19-28(31)29(24)37-21-22-8-6-9-26(32)18-22)17-25(20-33)30(36)35-14-12-34(13-15-35)27-10-4-3-5-11-27/h2-6,8-11,16-19H,1,7,12-15,21H2/b25-17-. The molecule has 188 valence electrons. The molecule has 1 aliphatic rings. The number of carbonyl (C=O) groups excluding carboxylic acids is 1. The van der Waals surface area contributed by atoms with Crippen LogP contribution in [0.2, 0.25) is 0 Å². The van der Waals surface area contributed by atoms with Crippen molar-refractivity contribution in [1.29, 1.82) is 5.26 Å². The normalized spacial score (nSPS) is 13.7. The van der Waals surface area contributed by atoms with E-state index >= 15 is 0 Å². The van der Waals surface area contributed by atoms with Gasteiger partial charge in [0.15, 0.2) is 0 Å². The number of allylic oxidation sites excluding steroid dienone is 1. The number of hydrogen-bond acceptors (Lipinski definition) is 4. The van der Waals surface area contributed by atoms with Gasteiger partial charge in [-0.15, -0.1) is 6.58 Å². The molecule has 0 spiro atoms. The topological polar surface area (TPSA) is 56.6 Å². The fourth-order valence-corrected chi connectivity index (χ4v) is 4.93. The largest absolute Gasteiger partial charge is 0.487 e. The van der Waals surface area contributed by atoms with Crippen LogP contribution in [0.1, 0.15) is 16.7 Å². The zero-order valence-electron chi connectivity index (χ0n) is 20.4. The minimum Gasteiger partial charge on any atom is -0.487 e. The molecule has 7 heteroatoms.